The summed E-state index contributed by atoms with van der Waals surface area (Å²) in [6.07, 6.45) is 0. The van der Waals surface area contributed by atoms with Crippen LogP contribution in [0.25, 0.3) is 0 Å². The van der Waals surface area contributed by atoms with Gasteiger partial charge in [-0.15, -0.1) is 0 Å². The van der Waals surface area contributed by atoms with Crippen LogP contribution >= 0.6 is 45.2 Å². The van der Waals surface area contributed by atoms with E-state index in [4.69, 9.17) is 0 Å². The first-order valence-corrected chi connectivity index (χ1v) is 5.37. The van der Waals surface area contributed by atoms with E-state index in [1.807, 2.05) is 22.6 Å². The molecule has 64 valence electrons. The lowest BCUT2D eigenvalue weighted by atomic mass is 10.1. The van der Waals surface area contributed by atoms with Gasteiger partial charge in [0.05, 0.1) is 3.57 Å². The molecule has 0 spiro atoms. The lowest BCUT2D eigenvalue weighted by Crippen LogP contribution is -1.96. The van der Waals surface area contributed by atoms with Crippen LogP contribution in [0.1, 0.15) is 17.3 Å². The molecule has 0 fully saturated rings. The summed E-state index contributed by atoms with van der Waals surface area (Å²) in [5.74, 6) is 0.146. The Bertz CT molecular complexity index is 334. The summed E-state index contributed by atoms with van der Waals surface area (Å²) < 4.78 is 1.64. The molecule has 0 atom stereocenters. The van der Waals surface area contributed by atoms with Crippen molar-refractivity contribution in [3.05, 3.63) is 24.8 Å². The molecule has 4 heteroatoms. The van der Waals surface area contributed by atoms with Crippen LogP contribution in [0.5, 0.6) is 5.75 Å². The molecule has 2 nitrogen and oxygen atoms in total. The number of carbonyl (C=O) groups excluding carboxylic acids is 1. The lowest BCUT2D eigenvalue weighted by molar-refractivity contribution is 0.101. The van der Waals surface area contributed by atoms with Crippen molar-refractivity contribution < 1.29 is 9.90 Å². The fraction of sp³-hybridized carbons (Fsp3) is 0.125. The predicted molar refractivity (Wildman–Crippen MR) is 63.5 cm³/mol. The minimum atomic E-state index is -0.0221. The molecule has 0 radical (unpaired) electrons. The molecule has 0 saturated carbocycles. The maximum Gasteiger partial charge on any atom is 0.161 e. The Kier molecular flexibility index (Phi) is 3.33. The smallest absolute Gasteiger partial charge is 0.161 e. The standard InChI is InChI=1S/C8H6I2O2/c1-4(11)5-2-8(12)7(10)3-6(5)9/h2-3,12H,1H3. The van der Waals surface area contributed by atoms with Crippen LogP contribution in [-0.2, 0) is 0 Å². The topological polar surface area (TPSA) is 37.3 Å². The van der Waals surface area contributed by atoms with Crippen LogP contribution in [0.2, 0.25) is 0 Å². The number of benzene rings is 1. The van der Waals surface area contributed by atoms with E-state index in [2.05, 4.69) is 22.6 Å². The molecule has 1 aromatic rings. The highest BCUT2D eigenvalue weighted by atomic mass is 127. The maximum absolute atomic E-state index is 11.0. The molecule has 0 aliphatic rings. The average Bonchev–Trinajstić information content (AvgIpc) is 1.96. The minimum absolute atomic E-state index is 0.0221. The van der Waals surface area contributed by atoms with Gasteiger partial charge in [0.1, 0.15) is 5.75 Å². The highest BCUT2D eigenvalue weighted by molar-refractivity contribution is 14.1. The summed E-state index contributed by atoms with van der Waals surface area (Å²) in [6.45, 7) is 1.49. The zero-order valence-corrected chi connectivity index (χ0v) is 10.6. The van der Waals surface area contributed by atoms with Gasteiger partial charge in [-0.25, -0.2) is 0 Å². The molecule has 0 bridgehead atoms. The van der Waals surface area contributed by atoms with Crippen molar-refractivity contribution in [1.29, 1.82) is 0 Å². The molecule has 0 aromatic heterocycles. The Morgan fingerprint density at radius 2 is 1.92 bits per heavy atom. The normalized spacial score (nSPS) is 9.92. The summed E-state index contributed by atoms with van der Waals surface area (Å²) in [5.41, 5.74) is 0.577. The fourth-order valence-electron chi connectivity index (χ4n) is 0.807. The van der Waals surface area contributed by atoms with Crippen LogP contribution in [0, 0.1) is 7.14 Å². The Morgan fingerprint density at radius 1 is 1.33 bits per heavy atom. The number of phenolic OH excluding ortho intramolecular Hbond substituents is 1. The summed E-state index contributed by atoms with van der Waals surface area (Å²) in [7, 11) is 0. The second kappa shape index (κ2) is 3.91. The number of rotatable bonds is 1. The van der Waals surface area contributed by atoms with Crippen LogP contribution in [0.4, 0.5) is 0 Å². The number of hydrogen-bond donors (Lipinski definition) is 1. The fourth-order valence-corrected chi connectivity index (χ4v) is 2.72. The molecular weight excluding hydrogens is 382 g/mol. The van der Waals surface area contributed by atoms with Gasteiger partial charge in [0.15, 0.2) is 5.78 Å². The number of hydrogen-bond acceptors (Lipinski definition) is 2. The summed E-state index contributed by atoms with van der Waals surface area (Å²) in [6, 6.07) is 3.29. The van der Waals surface area contributed by atoms with Gasteiger partial charge in [0.25, 0.3) is 0 Å². The number of ketones is 1. The van der Waals surface area contributed by atoms with Gasteiger partial charge < -0.3 is 5.11 Å². The second-order valence-corrected chi connectivity index (χ2v) is 4.66. The van der Waals surface area contributed by atoms with E-state index in [9.17, 15) is 9.90 Å². The van der Waals surface area contributed by atoms with E-state index < -0.39 is 0 Å². The van der Waals surface area contributed by atoms with E-state index in [-0.39, 0.29) is 11.5 Å². The Hall–Kier alpha value is 0.150. The first kappa shape index (κ1) is 10.2. The van der Waals surface area contributed by atoms with Crippen molar-refractivity contribution >= 4 is 51.0 Å². The number of Topliss-reactive ketones (excluding diaryl/α,β-unsaturated/α-hetero) is 1. The van der Waals surface area contributed by atoms with Crippen LogP contribution in [0.15, 0.2) is 12.1 Å². The zero-order chi connectivity index (χ0) is 9.30. The van der Waals surface area contributed by atoms with E-state index in [1.165, 1.54) is 13.0 Å². The number of carbonyl (C=O) groups is 1. The minimum Gasteiger partial charge on any atom is -0.507 e. The average molecular weight is 388 g/mol. The molecule has 0 aliphatic heterocycles. The van der Waals surface area contributed by atoms with Crippen molar-refractivity contribution in [2.45, 2.75) is 6.92 Å². The Labute approximate surface area is 97.6 Å². The van der Waals surface area contributed by atoms with Gasteiger partial charge in [-0.05, 0) is 64.2 Å². The van der Waals surface area contributed by atoms with Gasteiger partial charge in [-0.2, -0.15) is 0 Å². The van der Waals surface area contributed by atoms with Crippen molar-refractivity contribution in [3.8, 4) is 5.75 Å². The molecule has 0 unspecified atom stereocenters. The molecular formula is C8H6I2O2. The third-order valence-electron chi connectivity index (χ3n) is 1.42. The third-order valence-corrected chi connectivity index (χ3v) is 3.17. The van der Waals surface area contributed by atoms with E-state index in [1.54, 1.807) is 6.07 Å². The summed E-state index contributed by atoms with van der Waals surface area (Å²) in [5, 5.41) is 9.31. The van der Waals surface area contributed by atoms with Gasteiger partial charge in [-0.1, -0.05) is 0 Å². The monoisotopic (exact) mass is 388 g/mol. The number of halogens is 2. The van der Waals surface area contributed by atoms with Crippen LogP contribution < -0.4 is 0 Å². The molecule has 0 amide bonds. The van der Waals surface area contributed by atoms with Crippen molar-refractivity contribution in [2.24, 2.45) is 0 Å². The molecule has 1 aromatic carbocycles. The number of phenols is 1. The van der Waals surface area contributed by atoms with E-state index in [0.717, 1.165) is 7.14 Å². The molecule has 0 aliphatic carbocycles. The molecule has 0 heterocycles. The van der Waals surface area contributed by atoms with E-state index >= 15 is 0 Å². The van der Waals surface area contributed by atoms with Crippen LogP contribution in [-0.4, -0.2) is 10.9 Å². The first-order chi connectivity index (χ1) is 5.52. The van der Waals surface area contributed by atoms with Gasteiger partial charge in [0.2, 0.25) is 0 Å². The number of aromatic hydroxyl groups is 1. The van der Waals surface area contributed by atoms with Crippen molar-refractivity contribution in [2.75, 3.05) is 0 Å². The van der Waals surface area contributed by atoms with Gasteiger partial charge >= 0.3 is 0 Å². The summed E-state index contributed by atoms with van der Waals surface area (Å²) >= 11 is 4.11. The molecule has 12 heavy (non-hydrogen) atoms. The lowest BCUT2D eigenvalue weighted by Gasteiger charge is -2.02. The van der Waals surface area contributed by atoms with E-state index in [0.29, 0.717) is 5.56 Å². The molecule has 1 N–H and O–H groups in total. The van der Waals surface area contributed by atoms with Crippen molar-refractivity contribution in [3.63, 3.8) is 0 Å². The molecule has 1 rings (SSSR count). The zero-order valence-electron chi connectivity index (χ0n) is 6.27. The summed E-state index contributed by atoms with van der Waals surface area (Å²) in [4.78, 5) is 11.0. The molecule has 0 saturated heterocycles. The van der Waals surface area contributed by atoms with Gasteiger partial charge in [0, 0.05) is 9.13 Å². The predicted octanol–water partition coefficient (Wildman–Crippen LogP) is 2.80. The quantitative estimate of drug-likeness (QED) is 0.594. The third kappa shape index (κ3) is 2.09. The maximum atomic E-state index is 11.0. The van der Waals surface area contributed by atoms with Crippen LogP contribution in [0.3, 0.4) is 0 Å². The highest BCUT2D eigenvalue weighted by Gasteiger charge is 2.08. The van der Waals surface area contributed by atoms with Crippen molar-refractivity contribution in [1.82, 2.24) is 0 Å². The Morgan fingerprint density at radius 3 is 2.42 bits per heavy atom. The SMILES string of the molecule is CC(=O)c1cc(O)c(I)cc1I. The highest BCUT2D eigenvalue weighted by Crippen LogP contribution is 2.25. The van der Waals surface area contributed by atoms with Gasteiger partial charge in [-0.3, -0.25) is 4.79 Å². The largest absolute Gasteiger partial charge is 0.507 e. The second-order valence-electron chi connectivity index (χ2n) is 2.34. The Balaban J connectivity index is 3.33. The first-order valence-electron chi connectivity index (χ1n) is 3.21.